The first-order chi connectivity index (χ1) is 16.3. The fraction of sp³-hybridized carbons (Fsp3) is 0.286. The van der Waals surface area contributed by atoms with Gasteiger partial charge in [-0.15, -0.1) is 11.3 Å². The molecular formula is C28H29N3OS. The van der Waals surface area contributed by atoms with E-state index in [1.54, 1.807) is 11.3 Å². The first-order valence-corrected chi connectivity index (χ1v) is 12.6. The summed E-state index contributed by atoms with van der Waals surface area (Å²) in [6.45, 7) is 3.11. The number of fused-ring (bicyclic) bond motifs is 1. The maximum atomic E-state index is 12.7. The molecule has 1 amide bonds. The Balaban J connectivity index is 1.15. The summed E-state index contributed by atoms with van der Waals surface area (Å²) in [6, 6.07) is 27.6. The fourth-order valence-electron chi connectivity index (χ4n) is 4.77. The molecule has 0 atom stereocenters. The molecule has 0 aliphatic carbocycles. The Labute approximate surface area is 199 Å². The molecule has 4 nitrogen and oxygen atoms in total. The van der Waals surface area contributed by atoms with Gasteiger partial charge in [-0.1, -0.05) is 60.7 Å². The van der Waals surface area contributed by atoms with E-state index in [2.05, 4.69) is 75.9 Å². The van der Waals surface area contributed by atoms with Crippen molar-refractivity contribution in [3.05, 3.63) is 101 Å². The second-order valence-electron chi connectivity index (χ2n) is 8.79. The van der Waals surface area contributed by atoms with Gasteiger partial charge in [-0.2, -0.15) is 0 Å². The van der Waals surface area contributed by atoms with E-state index >= 15 is 0 Å². The molecule has 33 heavy (non-hydrogen) atoms. The van der Waals surface area contributed by atoms with Crippen LogP contribution in [0.1, 0.15) is 46.7 Å². The number of nitrogens with zero attached hydrogens (tertiary/aromatic N) is 2. The number of piperidine rings is 1. The average molecular weight is 456 g/mol. The van der Waals surface area contributed by atoms with Gasteiger partial charge in [0.2, 0.25) is 0 Å². The van der Waals surface area contributed by atoms with Crippen LogP contribution < -0.4 is 5.32 Å². The van der Waals surface area contributed by atoms with Gasteiger partial charge in [-0.3, -0.25) is 4.79 Å². The van der Waals surface area contributed by atoms with Gasteiger partial charge in [-0.05, 0) is 55.1 Å². The van der Waals surface area contributed by atoms with Crippen LogP contribution in [0.15, 0.2) is 84.4 Å². The minimum atomic E-state index is 0.0250. The number of benzene rings is 3. The number of hydrogen-bond acceptors (Lipinski definition) is 4. The van der Waals surface area contributed by atoms with Gasteiger partial charge in [0.15, 0.2) is 0 Å². The topological polar surface area (TPSA) is 45.2 Å². The number of aromatic nitrogens is 1. The maximum Gasteiger partial charge on any atom is 0.251 e. The molecule has 1 aliphatic rings. The van der Waals surface area contributed by atoms with Crippen LogP contribution in [0, 0.1) is 0 Å². The van der Waals surface area contributed by atoms with Gasteiger partial charge in [0.05, 0.1) is 15.7 Å². The maximum absolute atomic E-state index is 12.7. The monoisotopic (exact) mass is 455 g/mol. The molecule has 0 radical (unpaired) electrons. The SMILES string of the molecule is O=C(NC1CCN(CCC(c2ccccc2)c2ccccc2)CC1)c1ccc2ncsc2c1. The molecule has 0 unspecified atom stereocenters. The Morgan fingerprint density at radius 2 is 1.64 bits per heavy atom. The van der Waals surface area contributed by atoms with Gasteiger partial charge < -0.3 is 10.2 Å². The molecule has 4 aromatic rings. The standard InChI is InChI=1S/C28H29N3OS/c32-28(23-11-12-26-27(19-23)33-20-29-26)30-24-13-16-31(17-14-24)18-15-25(21-7-3-1-4-8-21)22-9-5-2-6-10-22/h1-12,19-20,24-25H,13-18H2,(H,30,32). The zero-order chi connectivity index (χ0) is 22.5. The highest BCUT2D eigenvalue weighted by atomic mass is 32.1. The first-order valence-electron chi connectivity index (χ1n) is 11.7. The fourth-order valence-corrected chi connectivity index (χ4v) is 5.49. The number of likely N-dealkylation sites (tertiary alicyclic amines) is 1. The minimum Gasteiger partial charge on any atom is -0.349 e. The van der Waals surface area contributed by atoms with E-state index in [4.69, 9.17) is 0 Å². The summed E-state index contributed by atoms with van der Waals surface area (Å²) in [5.41, 5.74) is 6.26. The Hall–Kier alpha value is -3.02. The minimum absolute atomic E-state index is 0.0250. The lowest BCUT2D eigenvalue weighted by Gasteiger charge is -2.33. The van der Waals surface area contributed by atoms with Gasteiger partial charge in [0, 0.05) is 30.6 Å². The number of nitrogens with one attached hydrogen (secondary N) is 1. The smallest absolute Gasteiger partial charge is 0.251 e. The van der Waals surface area contributed by atoms with E-state index in [0.717, 1.165) is 54.7 Å². The average Bonchev–Trinajstić information content (AvgIpc) is 3.34. The molecular weight excluding hydrogens is 426 g/mol. The van der Waals surface area contributed by atoms with Crippen molar-refractivity contribution in [3.8, 4) is 0 Å². The second kappa shape index (κ2) is 10.3. The summed E-state index contributed by atoms with van der Waals surface area (Å²) in [7, 11) is 0. The van der Waals surface area contributed by atoms with Crippen LogP contribution in [0.4, 0.5) is 0 Å². The molecule has 1 aromatic heterocycles. The molecule has 0 saturated carbocycles. The highest BCUT2D eigenvalue weighted by Gasteiger charge is 2.23. The lowest BCUT2D eigenvalue weighted by molar-refractivity contribution is 0.0910. The molecule has 0 bridgehead atoms. The number of carbonyl (C=O) groups is 1. The van der Waals surface area contributed by atoms with Crippen LogP contribution >= 0.6 is 11.3 Å². The second-order valence-corrected chi connectivity index (χ2v) is 9.67. The number of carbonyl (C=O) groups excluding carboxylic acids is 1. The van der Waals surface area contributed by atoms with Crippen LogP contribution in [0.25, 0.3) is 10.2 Å². The molecule has 1 fully saturated rings. The third-order valence-electron chi connectivity index (χ3n) is 6.65. The van der Waals surface area contributed by atoms with Crippen LogP contribution in [-0.2, 0) is 0 Å². The highest BCUT2D eigenvalue weighted by molar-refractivity contribution is 7.16. The number of hydrogen-bond donors (Lipinski definition) is 1. The van der Waals surface area contributed by atoms with E-state index in [9.17, 15) is 4.79 Å². The molecule has 5 heteroatoms. The summed E-state index contributed by atoms with van der Waals surface area (Å²) in [5, 5.41) is 3.25. The zero-order valence-electron chi connectivity index (χ0n) is 18.7. The lowest BCUT2D eigenvalue weighted by atomic mass is 9.88. The molecule has 1 N–H and O–H groups in total. The normalized spacial score (nSPS) is 15.2. The van der Waals surface area contributed by atoms with E-state index in [0.29, 0.717) is 5.92 Å². The summed E-state index contributed by atoms with van der Waals surface area (Å²) < 4.78 is 1.06. The van der Waals surface area contributed by atoms with E-state index in [-0.39, 0.29) is 11.9 Å². The number of amides is 1. The first kappa shape index (κ1) is 21.8. The molecule has 1 aliphatic heterocycles. The van der Waals surface area contributed by atoms with Crippen molar-refractivity contribution in [2.45, 2.75) is 31.2 Å². The highest BCUT2D eigenvalue weighted by Crippen LogP contribution is 2.28. The summed E-state index contributed by atoms with van der Waals surface area (Å²) in [4.78, 5) is 19.6. The summed E-state index contributed by atoms with van der Waals surface area (Å²) >= 11 is 1.57. The van der Waals surface area contributed by atoms with Crippen molar-refractivity contribution in [3.63, 3.8) is 0 Å². The van der Waals surface area contributed by atoms with Gasteiger partial charge >= 0.3 is 0 Å². The van der Waals surface area contributed by atoms with E-state index in [1.165, 1.54) is 11.1 Å². The third kappa shape index (κ3) is 5.32. The number of rotatable bonds is 7. The van der Waals surface area contributed by atoms with Gasteiger partial charge in [0.1, 0.15) is 0 Å². The third-order valence-corrected chi connectivity index (χ3v) is 7.45. The van der Waals surface area contributed by atoms with Crippen LogP contribution in [0.5, 0.6) is 0 Å². The Morgan fingerprint density at radius 1 is 0.970 bits per heavy atom. The molecule has 3 aromatic carbocycles. The van der Waals surface area contributed by atoms with Crippen molar-refractivity contribution in [2.24, 2.45) is 0 Å². The predicted molar refractivity (Wildman–Crippen MR) is 136 cm³/mol. The van der Waals surface area contributed by atoms with Gasteiger partial charge in [0.25, 0.3) is 5.91 Å². The predicted octanol–water partition coefficient (Wildman–Crippen LogP) is 5.71. The molecule has 168 valence electrons. The van der Waals surface area contributed by atoms with E-state index in [1.807, 2.05) is 23.7 Å². The Kier molecular flexibility index (Phi) is 6.79. The van der Waals surface area contributed by atoms with Crippen LogP contribution in [0.3, 0.4) is 0 Å². The van der Waals surface area contributed by atoms with Crippen LogP contribution in [0.2, 0.25) is 0 Å². The quantitative estimate of drug-likeness (QED) is 0.388. The summed E-state index contributed by atoms with van der Waals surface area (Å²) in [5.74, 6) is 0.434. The Bertz CT molecular complexity index is 1140. The van der Waals surface area contributed by atoms with Gasteiger partial charge in [-0.25, -0.2) is 4.98 Å². The van der Waals surface area contributed by atoms with Crippen LogP contribution in [-0.4, -0.2) is 41.5 Å². The van der Waals surface area contributed by atoms with E-state index < -0.39 is 0 Å². The zero-order valence-corrected chi connectivity index (χ0v) is 19.5. The molecule has 2 heterocycles. The summed E-state index contributed by atoms with van der Waals surface area (Å²) in [6.07, 6.45) is 3.09. The number of thiazole rings is 1. The molecule has 0 spiro atoms. The molecule has 5 rings (SSSR count). The van der Waals surface area contributed by atoms with Crippen molar-refractivity contribution >= 4 is 27.5 Å². The molecule has 1 saturated heterocycles. The largest absolute Gasteiger partial charge is 0.349 e. The van der Waals surface area contributed by atoms with Crippen molar-refractivity contribution in [1.29, 1.82) is 0 Å². The van der Waals surface area contributed by atoms with Crippen molar-refractivity contribution in [1.82, 2.24) is 15.2 Å². The lowest BCUT2D eigenvalue weighted by Crippen LogP contribution is -2.45. The van der Waals surface area contributed by atoms with Crippen molar-refractivity contribution < 1.29 is 4.79 Å². The van der Waals surface area contributed by atoms with Crippen molar-refractivity contribution in [2.75, 3.05) is 19.6 Å². The Morgan fingerprint density at radius 3 is 2.30 bits per heavy atom.